The van der Waals surface area contributed by atoms with Gasteiger partial charge in [-0.25, -0.2) is 0 Å². The van der Waals surface area contributed by atoms with Gasteiger partial charge in [-0.2, -0.15) is 5.10 Å². The molecule has 1 aromatic heterocycles. The predicted octanol–water partition coefficient (Wildman–Crippen LogP) is 1.78. The molecule has 74 valence electrons. The van der Waals surface area contributed by atoms with Gasteiger partial charge >= 0.3 is 0 Å². The topological polar surface area (TPSA) is 38.0 Å². The third-order valence-electron chi connectivity index (χ3n) is 1.82. The van der Waals surface area contributed by atoms with Crippen LogP contribution in [0, 0.1) is 0 Å². The standard InChI is InChI=1S/C10H18N2O/c1-8(2)12-7-9(6-11-12)5-10(3,4)13/h6-8,13H,5H2,1-4H3. The Balaban J connectivity index is 2.70. The van der Waals surface area contributed by atoms with Crippen molar-refractivity contribution >= 4 is 0 Å². The Hall–Kier alpha value is -0.830. The Morgan fingerprint density at radius 3 is 2.54 bits per heavy atom. The van der Waals surface area contributed by atoms with E-state index in [-0.39, 0.29) is 0 Å². The van der Waals surface area contributed by atoms with Crippen molar-refractivity contribution in [2.24, 2.45) is 0 Å². The van der Waals surface area contributed by atoms with E-state index in [0.717, 1.165) is 5.56 Å². The van der Waals surface area contributed by atoms with E-state index in [1.165, 1.54) is 0 Å². The minimum atomic E-state index is -0.648. The lowest BCUT2D eigenvalue weighted by Gasteiger charge is -2.15. The number of aromatic nitrogens is 2. The van der Waals surface area contributed by atoms with Crippen molar-refractivity contribution < 1.29 is 5.11 Å². The Bertz CT molecular complexity index is 271. The van der Waals surface area contributed by atoms with Crippen molar-refractivity contribution in [3.05, 3.63) is 18.0 Å². The van der Waals surface area contributed by atoms with Crippen LogP contribution in [0.25, 0.3) is 0 Å². The predicted molar refractivity (Wildman–Crippen MR) is 52.6 cm³/mol. The highest BCUT2D eigenvalue weighted by Gasteiger charge is 2.14. The van der Waals surface area contributed by atoms with Gasteiger partial charge in [-0.1, -0.05) is 0 Å². The fourth-order valence-corrected chi connectivity index (χ4v) is 1.25. The summed E-state index contributed by atoms with van der Waals surface area (Å²) in [6, 6.07) is 0.385. The second-order valence-corrected chi connectivity index (χ2v) is 4.41. The highest BCUT2D eigenvalue weighted by molar-refractivity contribution is 5.07. The van der Waals surface area contributed by atoms with E-state index in [2.05, 4.69) is 18.9 Å². The molecule has 0 spiro atoms. The van der Waals surface area contributed by atoms with Gasteiger partial charge in [0.05, 0.1) is 11.8 Å². The van der Waals surface area contributed by atoms with Crippen molar-refractivity contribution in [3.63, 3.8) is 0 Å². The summed E-state index contributed by atoms with van der Waals surface area (Å²) in [7, 11) is 0. The van der Waals surface area contributed by atoms with Crippen molar-refractivity contribution in [2.75, 3.05) is 0 Å². The average Bonchev–Trinajstić information content (AvgIpc) is 2.31. The summed E-state index contributed by atoms with van der Waals surface area (Å²) in [6.45, 7) is 7.78. The summed E-state index contributed by atoms with van der Waals surface area (Å²) < 4.78 is 1.90. The first-order chi connectivity index (χ1) is 5.88. The van der Waals surface area contributed by atoms with E-state index < -0.39 is 5.60 Å². The van der Waals surface area contributed by atoms with Gasteiger partial charge in [0.25, 0.3) is 0 Å². The molecular formula is C10H18N2O. The van der Waals surface area contributed by atoms with Gasteiger partial charge in [-0.3, -0.25) is 4.68 Å². The normalized spacial score (nSPS) is 12.5. The fraction of sp³-hybridized carbons (Fsp3) is 0.700. The molecule has 0 aliphatic rings. The van der Waals surface area contributed by atoms with Gasteiger partial charge in [-0.15, -0.1) is 0 Å². The number of rotatable bonds is 3. The maximum absolute atomic E-state index is 9.58. The van der Waals surface area contributed by atoms with Crippen LogP contribution in [0.4, 0.5) is 0 Å². The quantitative estimate of drug-likeness (QED) is 0.773. The van der Waals surface area contributed by atoms with Crippen molar-refractivity contribution in [2.45, 2.75) is 45.8 Å². The Labute approximate surface area is 79.4 Å². The summed E-state index contributed by atoms with van der Waals surface area (Å²) in [4.78, 5) is 0. The maximum atomic E-state index is 9.58. The van der Waals surface area contributed by atoms with Crippen LogP contribution in [0.15, 0.2) is 12.4 Å². The molecule has 1 rings (SSSR count). The van der Waals surface area contributed by atoms with Crippen LogP contribution in [0.3, 0.4) is 0 Å². The highest BCUT2D eigenvalue weighted by Crippen LogP contribution is 2.13. The smallest absolute Gasteiger partial charge is 0.0633 e. The Morgan fingerprint density at radius 2 is 2.15 bits per heavy atom. The van der Waals surface area contributed by atoms with Crippen LogP contribution in [0.1, 0.15) is 39.3 Å². The minimum absolute atomic E-state index is 0.385. The molecule has 0 aliphatic carbocycles. The molecular weight excluding hydrogens is 164 g/mol. The molecule has 1 heterocycles. The van der Waals surface area contributed by atoms with E-state index in [4.69, 9.17) is 0 Å². The van der Waals surface area contributed by atoms with Crippen molar-refractivity contribution in [1.82, 2.24) is 9.78 Å². The Kier molecular flexibility index (Phi) is 2.76. The Morgan fingerprint density at radius 1 is 1.54 bits per heavy atom. The first-order valence-corrected chi connectivity index (χ1v) is 4.64. The third kappa shape index (κ3) is 3.19. The maximum Gasteiger partial charge on any atom is 0.0633 e. The van der Waals surface area contributed by atoms with Crippen LogP contribution >= 0.6 is 0 Å². The molecule has 1 aromatic rings. The fourth-order valence-electron chi connectivity index (χ4n) is 1.25. The van der Waals surface area contributed by atoms with E-state index in [9.17, 15) is 5.11 Å². The van der Waals surface area contributed by atoms with Crippen LogP contribution in [-0.4, -0.2) is 20.5 Å². The van der Waals surface area contributed by atoms with Gasteiger partial charge in [0.15, 0.2) is 0 Å². The zero-order valence-corrected chi connectivity index (χ0v) is 8.78. The van der Waals surface area contributed by atoms with Gasteiger partial charge in [0.2, 0.25) is 0 Å². The van der Waals surface area contributed by atoms with Crippen LogP contribution in [0.5, 0.6) is 0 Å². The molecule has 0 fully saturated rings. The molecule has 0 saturated heterocycles. The zero-order valence-electron chi connectivity index (χ0n) is 8.78. The van der Waals surface area contributed by atoms with E-state index in [1.807, 2.05) is 17.1 Å². The summed E-state index contributed by atoms with van der Waals surface area (Å²) in [6.07, 6.45) is 4.46. The summed E-state index contributed by atoms with van der Waals surface area (Å²) in [5.41, 5.74) is 0.436. The second kappa shape index (κ2) is 3.50. The summed E-state index contributed by atoms with van der Waals surface area (Å²) >= 11 is 0. The summed E-state index contributed by atoms with van der Waals surface area (Å²) in [5, 5.41) is 13.8. The average molecular weight is 182 g/mol. The molecule has 0 atom stereocenters. The van der Waals surface area contributed by atoms with Gasteiger partial charge < -0.3 is 5.11 Å². The summed E-state index contributed by atoms with van der Waals surface area (Å²) in [5.74, 6) is 0. The molecule has 0 bridgehead atoms. The lowest BCUT2D eigenvalue weighted by Crippen LogP contribution is -2.21. The number of nitrogens with zero attached hydrogens (tertiary/aromatic N) is 2. The number of aliphatic hydroxyl groups is 1. The monoisotopic (exact) mass is 182 g/mol. The molecule has 0 unspecified atom stereocenters. The van der Waals surface area contributed by atoms with Crippen LogP contribution in [0.2, 0.25) is 0 Å². The van der Waals surface area contributed by atoms with Crippen molar-refractivity contribution in [1.29, 1.82) is 0 Å². The first kappa shape index (κ1) is 10.3. The molecule has 3 nitrogen and oxygen atoms in total. The van der Waals surface area contributed by atoms with Crippen LogP contribution < -0.4 is 0 Å². The zero-order chi connectivity index (χ0) is 10.1. The van der Waals surface area contributed by atoms with Crippen molar-refractivity contribution in [3.8, 4) is 0 Å². The van der Waals surface area contributed by atoms with E-state index >= 15 is 0 Å². The number of hydrogen-bond acceptors (Lipinski definition) is 2. The van der Waals surface area contributed by atoms with Crippen LogP contribution in [-0.2, 0) is 6.42 Å². The van der Waals surface area contributed by atoms with E-state index in [0.29, 0.717) is 12.5 Å². The van der Waals surface area contributed by atoms with Gasteiger partial charge in [-0.05, 0) is 33.3 Å². The largest absolute Gasteiger partial charge is 0.390 e. The highest BCUT2D eigenvalue weighted by atomic mass is 16.3. The molecule has 13 heavy (non-hydrogen) atoms. The molecule has 0 radical (unpaired) electrons. The van der Waals surface area contributed by atoms with E-state index in [1.54, 1.807) is 13.8 Å². The molecule has 1 N–H and O–H groups in total. The third-order valence-corrected chi connectivity index (χ3v) is 1.82. The first-order valence-electron chi connectivity index (χ1n) is 4.64. The molecule has 3 heteroatoms. The molecule has 0 aliphatic heterocycles. The molecule has 0 aromatic carbocycles. The van der Waals surface area contributed by atoms with Gasteiger partial charge in [0.1, 0.15) is 0 Å². The lowest BCUT2D eigenvalue weighted by molar-refractivity contribution is 0.0809. The van der Waals surface area contributed by atoms with Gasteiger partial charge in [0, 0.05) is 18.7 Å². The molecule has 0 saturated carbocycles. The number of hydrogen-bond donors (Lipinski definition) is 1. The SMILES string of the molecule is CC(C)n1cc(CC(C)(C)O)cn1. The minimum Gasteiger partial charge on any atom is -0.390 e. The second-order valence-electron chi connectivity index (χ2n) is 4.41. The lowest BCUT2D eigenvalue weighted by atomic mass is 10.0. The molecule has 0 amide bonds.